The number of benzene rings is 2. The van der Waals surface area contributed by atoms with Crippen LogP contribution in [0.4, 0.5) is 19.7 Å². The predicted octanol–water partition coefficient (Wildman–Crippen LogP) is 4.08. The van der Waals surface area contributed by atoms with Crippen LogP contribution in [-0.2, 0) is 29.0 Å². The van der Waals surface area contributed by atoms with Crippen LogP contribution in [-0.4, -0.2) is 81.9 Å². The lowest BCUT2D eigenvalue weighted by Gasteiger charge is -2.38. The van der Waals surface area contributed by atoms with Crippen molar-refractivity contribution in [2.75, 3.05) is 38.6 Å². The molecular formula is C34H40ClFN6O7. The highest BCUT2D eigenvalue weighted by Crippen LogP contribution is 2.29. The molecule has 3 aromatic rings. The van der Waals surface area contributed by atoms with E-state index in [0.29, 0.717) is 44.6 Å². The zero-order chi connectivity index (χ0) is 35.5. The largest absolute Gasteiger partial charge is 0.497 e. The van der Waals surface area contributed by atoms with Crippen LogP contribution in [0.5, 0.6) is 5.75 Å². The van der Waals surface area contributed by atoms with Gasteiger partial charge in [-0.1, -0.05) is 23.7 Å². The number of ether oxygens (including phenoxy) is 2. The highest BCUT2D eigenvalue weighted by Gasteiger charge is 2.32. The Morgan fingerprint density at radius 1 is 1.06 bits per heavy atom. The van der Waals surface area contributed by atoms with Crippen molar-refractivity contribution >= 4 is 35.3 Å². The van der Waals surface area contributed by atoms with Gasteiger partial charge in [0, 0.05) is 56.2 Å². The Balaban J connectivity index is 1.31. The average Bonchev–Trinajstić information content (AvgIpc) is 3.22. The van der Waals surface area contributed by atoms with Gasteiger partial charge in [-0.05, 0) is 69.9 Å². The van der Waals surface area contributed by atoms with Crippen LogP contribution >= 0.6 is 11.6 Å². The number of alkyl carbamates (subject to hydrolysis) is 1. The highest BCUT2D eigenvalue weighted by molar-refractivity contribution is 6.33. The number of hydrogen-bond acceptors (Lipinski definition) is 7. The maximum atomic E-state index is 14.4. The molecule has 0 spiro atoms. The number of amides is 4. The number of anilines is 1. The van der Waals surface area contributed by atoms with Crippen molar-refractivity contribution in [3.8, 4) is 16.9 Å². The van der Waals surface area contributed by atoms with Gasteiger partial charge >= 0.3 is 17.8 Å². The van der Waals surface area contributed by atoms with Gasteiger partial charge in [0.15, 0.2) is 0 Å². The molecule has 2 aliphatic heterocycles. The summed E-state index contributed by atoms with van der Waals surface area (Å²) in [6.07, 6.45) is 2.20. The maximum absolute atomic E-state index is 14.4. The van der Waals surface area contributed by atoms with Gasteiger partial charge in [0.2, 0.25) is 5.91 Å². The molecule has 2 aliphatic rings. The van der Waals surface area contributed by atoms with Crippen molar-refractivity contribution in [3.05, 3.63) is 79.8 Å². The fourth-order valence-corrected chi connectivity index (χ4v) is 6.25. The van der Waals surface area contributed by atoms with Gasteiger partial charge in [0.1, 0.15) is 23.7 Å². The van der Waals surface area contributed by atoms with Gasteiger partial charge in [0.05, 0.1) is 17.7 Å². The third kappa shape index (κ3) is 8.24. The number of piperidine rings is 1. The molecule has 262 valence electrons. The number of hydrogen-bond donors (Lipinski definition) is 2. The molecule has 3 heterocycles. The van der Waals surface area contributed by atoms with Gasteiger partial charge in [-0.3, -0.25) is 18.7 Å². The summed E-state index contributed by atoms with van der Waals surface area (Å²) in [5, 5.41) is 5.19. The Kier molecular flexibility index (Phi) is 10.7. The molecule has 2 N–H and O–H groups in total. The quantitative estimate of drug-likeness (QED) is 0.361. The van der Waals surface area contributed by atoms with Crippen LogP contribution in [0.1, 0.15) is 39.2 Å². The lowest BCUT2D eigenvalue weighted by Crippen LogP contribution is -2.51. The average molecular weight is 699 g/mol. The Morgan fingerprint density at radius 3 is 2.49 bits per heavy atom. The summed E-state index contributed by atoms with van der Waals surface area (Å²) in [4.78, 5) is 69.3. The van der Waals surface area contributed by atoms with Gasteiger partial charge in [0.25, 0.3) is 5.56 Å². The number of nitrogens with zero attached hydrogens (tertiary/aromatic N) is 4. The van der Waals surface area contributed by atoms with E-state index in [-0.39, 0.29) is 47.2 Å². The van der Waals surface area contributed by atoms with Crippen LogP contribution in [0.2, 0.25) is 5.02 Å². The Morgan fingerprint density at radius 2 is 1.80 bits per heavy atom. The molecule has 4 amide bonds. The maximum Gasteiger partial charge on any atom is 0.407 e. The molecule has 1 saturated heterocycles. The molecule has 0 bridgehead atoms. The molecule has 0 unspecified atom stereocenters. The van der Waals surface area contributed by atoms with Crippen molar-refractivity contribution in [1.29, 1.82) is 0 Å². The van der Waals surface area contributed by atoms with E-state index >= 15 is 0 Å². The van der Waals surface area contributed by atoms with E-state index in [1.165, 1.54) is 18.3 Å². The van der Waals surface area contributed by atoms with E-state index < -0.39 is 35.3 Å². The molecular weight excluding hydrogens is 659 g/mol. The molecule has 13 nitrogen and oxygen atoms in total. The van der Waals surface area contributed by atoms with Crippen molar-refractivity contribution < 1.29 is 28.2 Å². The minimum atomic E-state index is -0.784. The van der Waals surface area contributed by atoms with E-state index in [1.54, 1.807) is 43.7 Å². The summed E-state index contributed by atoms with van der Waals surface area (Å²) >= 11 is 6.22. The summed E-state index contributed by atoms with van der Waals surface area (Å²) in [5.74, 6) is -0.407. The van der Waals surface area contributed by atoms with Crippen molar-refractivity contribution in [2.45, 2.75) is 64.8 Å². The Bertz CT molecular complexity index is 1860. The minimum absolute atomic E-state index is 0.0545. The van der Waals surface area contributed by atoms with E-state index in [0.717, 1.165) is 26.5 Å². The number of urea groups is 1. The number of fused-ring (bicyclic) bond motifs is 1. The molecule has 5 rings (SSSR count). The smallest absolute Gasteiger partial charge is 0.407 e. The number of likely N-dealkylation sites (tertiary alicyclic amines) is 1. The molecule has 1 fully saturated rings. The second kappa shape index (κ2) is 14.7. The Hall–Kier alpha value is -4.85. The van der Waals surface area contributed by atoms with Crippen molar-refractivity contribution in [2.24, 2.45) is 0 Å². The van der Waals surface area contributed by atoms with Crippen LogP contribution in [0.3, 0.4) is 0 Å². The van der Waals surface area contributed by atoms with Crippen molar-refractivity contribution in [3.63, 3.8) is 0 Å². The molecule has 0 aliphatic carbocycles. The van der Waals surface area contributed by atoms with E-state index in [2.05, 4.69) is 10.6 Å². The number of carbonyl (C=O) groups is 3. The fourth-order valence-electron chi connectivity index (χ4n) is 6.02. The third-order valence-electron chi connectivity index (χ3n) is 8.48. The number of methoxy groups -OCH3 is 1. The van der Waals surface area contributed by atoms with Gasteiger partial charge in [-0.2, -0.15) is 0 Å². The van der Waals surface area contributed by atoms with Crippen LogP contribution in [0.15, 0.2) is 52.2 Å². The molecule has 1 aromatic heterocycles. The first-order valence-electron chi connectivity index (χ1n) is 16.0. The van der Waals surface area contributed by atoms with Gasteiger partial charge in [-0.15, -0.1) is 0 Å². The SMILES string of the molecule is COc1ccc2c(c1)CCN(C1CCN(C(=O)Cn3cc(-c4cccc(F)c4Cl)c(=O)n(CCNC(=O)OC(C)(C)C)c3=O)CC1)C(=O)N2. The fraction of sp³-hybridized carbons (Fsp3) is 0.441. The molecule has 0 radical (unpaired) electrons. The Labute approximate surface area is 287 Å². The van der Waals surface area contributed by atoms with Crippen molar-refractivity contribution in [1.82, 2.24) is 24.3 Å². The topological polar surface area (TPSA) is 144 Å². The number of nitrogens with one attached hydrogen (secondary N) is 2. The number of carbonyl (C=O) groups excluding carboxylic acids is 3. The van der Waals surface area contributed by atoms with Gasteiger partial charge in [-0.25, -0.2) is 18.8 Å². The minimum Gasteiger partial charge on any atom is -0.497 e. The van der Waals surface area contributed by atoms with Crippen LogP contribution in [0, 0.1) is 5.82 Å². The standard InChI is InChI=1S/C34H40ClFN6O7/c1-34(2,3)49-32(46)37-13-17-42-30(44)25(24-6-5-7-26(36)29(24)35)19-40(33(42)47)20-28(43)39-14-11-22(12-15-39)41-16-10-21-18-23(48-4)8-9-27(21)38-31(41)45/h5-9,18-19,22H,10-17,20H2,1-4H3,(H,37,46)(H,38,45). The lowest BCUT2D eigenvalue weighted by molar-refractivity contribution is -0.133. The number of aromatic nitrogens is 2. The summed E-state index contributed by atoms with van der Waals surface area (Å²) in [6.45, 7) is 5.54. The molecule has 0 saturated carbocycles. The molecule has 2 aromatic carbocycles. The predicted molar refractivity (Wildman–Crippen MR) is 182 cm³/mol. The molecule has 0 atom stereocenters. The molecule has 49 heavy (non-hydrogen) atoms. The number of rotatable bonds is 8. The van der Waals surface area contributed by atoms with E-state index in [4.69, 9.17) is 21.1 Å². The summed E-state index contributed by atoms with van der Waals surface area (Å²) < 4.78 is 26.9. The van der Waals surface area contributed by atoms with Gasteiger partial charge < -0.3 is 29.9 Å². The lowest BCUT2D eigenvalue weighted by atomic mass is 10.0. The first-order chi connectivity index (χ1) is 23.3. The third-order valence-corrected chi connectivity index (χ3v) is 8.87. The first-order valence-corrected chi connectivity index (χ1v) is 16.4. The second-order valence-corrected chi connectivity index (χ2v) is 13.3. The second-order valence-electron chi connectivity index (χ2n) is 12.9. The highest BCUT2D eigenvalue weighted by atomic mass is 35.5. The van der Waals surface area contributed by atoms with E-state index in [9.17, 15) is 28.4 Å². The van der Waals surface area contributed by atoms with E-state index in [1.807, 2.05) is 12.1 Å². The molecule has 15 heteroatoms. The summed E-state index contributed by atoms with van der Waals surface area (Å²) in [7, 11) is 1.59. The monoisotopic (exact) mass is 698 g/mol. The van der Waals surface area contributed by atoms with Crippen LogP contribution in [0.25, 0.3) is 11.1 Å². The normalized spacial score (nSPS) is 15.3. The zero-order valence-electron chi connectivity index (χ0n) is 27.9. The number of halogens is 2. The summed E-state index contributed by atoms with van der Waals surface area (Å²) in [6, 6.07) is 9.22. The van der Waals surface area contributed by atoms with Crippen LogP contribution < -0.4 is 26.6 Å². The summed E-state index contributed by atoms with van der Waals surface area (Å²) in [5.41, 5.74) is -0.604. The zero-order valence-corrected chi connectivity index (χ0v) is 28.6. The first kappa shape index (κ1) is 35.5.